The van der Waals surface area contributed by atoms with E-state index in [4.69, 9.17) is 4.74 Å². The minimum Gasteiger partial charge on any atom is -0.385 e. The molecule has 0 aliphatic carbocycles. The molecule has 1 rings (SSSR count). The van der Waals surface area contributed by atoms with E-state index in [9.17, 15) is 9.18 Å². The molecule has 0 radical (unpaired) electrons. The lowest BCUT2D eigenvalue weighted by molar-refractivity contribution is -0.119. The second-order valence-electron chi connectivity index (χ2n) is 3.68. The van der Waals surface area contributed by atoms with Gasteiger partial charge in [0.15, 0.2) is 0 Å². The van der Waals surface area contributed by atoms with Crippen molar-refractivity contribution in [1.82, 2.24) is 5.32 Å². The molecule has 0 aliphatic heterocycles. The zero-order valence-corrected chi connectivity index (χ0v) is 11.7. The largest absolute Gasteiger partial charge is 0.385 e. The first kappa shape index (κ1) is 14.9. The van der Waals surface area contributed by atoms with Crippen molar-refractivity contribution < 1.29 is 13.9 Å². The summed E-state index contributed by atoms with van der Waals surface area (Å²) < 4.78 is 18.5. The number of hydrogen-bond donors (Lipinski definition) is 2. The normalized spacial score (nSPS) is 10.2. The minimum atomic E-state index is -0.361. The number of carbonyl (C=O) groups is 1. The van der Waals surface area contributed by atoms with E-state index in [-0.39, 0.29) is 18.3 Å². The van der Waals surface area contributed by atoms with Crippen molar-refractivity contribution in [3.63, 3.8) is 0 Å². The quantitative estimate of drug-likeness (QED) is 0.757. The predicted molar refractivity (Wildman–Crippen MR) is 72.1 cm³/mol. The van der Waals surface area contributed by atoms with Crippen molar-refractivity contribution in [3.05, 3.63) is 28.5 Å². The molecule has 0 saturated carbocycles. The molecule has 1 amide bonds. The molecule has 0 atom stereocenters. The fourth-order valence-electron chi connectivity index (χ4n) is 1.30. The number of benzene rings is 1. The highest BCUT2D eigenvalue weighted by molar-refractivity contribution is 9.10. The summed E-state index contributed by atoms with van der Waals surface area (Å²) in [6, 6.07) is 4.63. The van der Waals surface area contributed by atoms with Crippen molar-refractivity contribution in [1.29, 1.82) is 0 Å². The van der Waals surface area contributed by atoms with Gasteiger partial charge in [0.25, 0.3) is 0 Å². The summed E-state index contributed by atoms with van der Waals surface area (Å²) in [7, 11) is 1.62. The molecular formula is C12H16BrFN2O2. The standard InChI is InChI=1S/C12H16BrFN2O2/c1-18-6-2-5-15-12(17)8-16-9-3-4-10(13)11(14)7-9/h3-4,7,16H,2,5-6,8H2,1H3,(H,15,17). The van der Waals surface area contributed by atoms with Gasteiger partial charge < -0.3 is 15.4 Å². The molecule has 1 aromatic carbocycles. The van der Waals surface area contributed by atoms with Crippen LogP contribution in [0.2, 0.25) is 0 Å². The molecule has 2 N–H and O–H groups in total. The Balaban J connectivity index is 2.27. The maximum Gasteiger partial charge on any atom is 0.239 e. The third-order valence-corrected chi connectivity index (χ3v) is 2.86. The molecule has 6 heteroatoms. The molecule has 0 spiro atoms. The first-order chi connectivity index (χ1) is 8.63. The van der Waals surface area contributed by atoms with E-state index < -0.39 is 0 Å². The van der Waals surface area contributed by atoms with Gasteiger partial charge in [-0.3, -0.25) is 4.79 Å². The summed E-state index contributed by atoms with van der Waals surface area (Å²) in [5.74, 6) is -0.491. The summed E-state index contributed by atoms with van der Waals surface area (Å²) >= 11 is 3.06. The third-order valence-electron chi connectivity index (χ3n) is 2.22. The molecule has 0 unspecified atom stereocenters. The van der Waals surface area contributed by atoms with E-state index in [1.54, 1.807) is 19.2 Å². The van der Waals surface area contributed by atoms with E-state index in [2.05, 4.69) is 26.6 Å². The van der Waals surface area contributed by atoms with Crippen molar-refractivity contribution in [2.75, 3.05) is 32.1 Å². The Kier molecular flexibility index (Phi) is 6.67. The van der Waals surface area contributed by atoms with Crippen LogP contribution in [-0.4, -0.2) is 32.7 Å². The third kappa shape index (κ3) is 5.46. The molecule has 0 aliphatic rings. The number of hydrogen-bond acceptors (Lipinski definition) is 3. The van der Waals surface area contributed by atoms with Crippen LogP contribution in [0.15, 0.2) is 22.7 Å². The van der Waals surface area contributed by atoms with Gasteiger partial charge in [-0.25, -0.2) is 4.39 Å². The Morgan fingerprint density at radius 3 is 2.94 bits per heavy atom. The maximum absolute atomic E-state index is 13.2. The first-order valence-electron chi connectivity index (χ1n) is 5.58. The topological polar surface area (TPSA) is 50.4 Å². The van der Waals surface area contributed by atoms with Crippen LogP contribution in [0, 0.1) is 5.82 Å². The number of methoxy groups -OCH3 is 1. The summed E-state index contributed by atoms with van der Waals surface area (Å²) in [6.07, 6.45) is 0.773. The van der Waals surface area contributed by atoms with Crippen LogP contribution in [0.4, 0.5) is 10.1 Å². The summed E-state index contributed by atoms with van der Waals surface area (Å²) in [5, 5.41) is 5.58. The monoisotopic (exact) mass is 318 g/mol. The molecular weight excluding hydrogens is 303 g/mol. The van der Waals surface area contributed by atoms with Gasteiger partial charge in [-0.2, -0.15) is 0 Å². The number of anilines is 1. The minimum absolute atomic E-state index is 0.119. The molecule has 0 saturated heterocycles. The van der Waals surface area contributed by atoms with Crippen LogP contribution in [0.5, 0.6) is 0 Å². The van der Waals surface area contributed by atoms with Gasteiger partial charge in [0.1, 0.15) is 5.82 Å². The summed E-state index contributed by atoms with van der Waals surface area (Å²) in [6.45, 7) is 1.31. The molecule has 0 bridgehead atoms. The number of rotatable bonds is 7. The van der Waals surface area contributed by atoms with Gasteiger partial charge in [0.2, 0.25) is 5.91 Å². The number of ether oxygens (including phenoxy) is 1. The Bertz CT molecular complexity index is 402. The van der Waals surface area contributed by atoms with Crippen LogP contribution in [0.3, 0.4) is 0 Å². The number of amides is 1. The molecule has 18 heavy (non-hydrogen) atoms. The van der Waals surface area contributed by atoms with Crippen molar-refractivity contribution in [3.8, 4) is 0 Å². The molecule has 0 aromatic heterocycles. The Hall–Kier alpha value is -1.14. The highest BCUT2D eigenvalue weighted by atomic mass is 79.9. The van der Waals surface area contributed by atoms with Crippen LogP contribution in [0.1, 0.15) is 6.42 Å². The van der Waals surface area contributed by atoms with E-state index in [1.807, 2.05) is 0 Å². The first-order valence-corrected chi connectivity index (χ1v) is 6.37. The molecule has 4 nitrogen and oxygen atoms in total. The summed E-state index contributed by atoms with van der Waals surface area (Å²) in [5.41, 5.74) is 0.572. The average Bonchev–Trinajstić information content (AvgIpc) is 2.36. The number of carbonyl (C=O) groups excluding carboxylic acids is 1. The zero-order chi connectivity index (χ0) is 13.4. The predicted octanol–water partition coefficient (Wildman–Crippen LogP) is 2.15. The Morgan fingerprint density at radius 1 is 1.50 bits per heavy atom. The van der Waals surface area contributed by atoms with Gasteiger partial charge in [0, 0.05) is 25.9 Å². The smallest absolute Gasteiger partial charge is 0.239 e. The van der Waals surface area contributed by atoms with Crippen LogP contribution in [0.25, 0.3) is 0 Å². The number of nitrogens with one attached hydrogen (secondary N) is 2. The molecule has 1 aromatic rings. The fourth-order valence-corrected chi connectivity index (χ4v) is 1.54. The zero-order valence-electron chi connectivity index (χ0n) is 10.1. The number of halogens is 2. The van der Waals surface area contributed by atoms with Crippen LogP contribution in [-0.2, 0) is 9.53 Å². The van der Waals surface area contributed by atoms with E-state index in [0.29, 0.717) is 23.3 Å². The summed E-state index contributed by atoms with van der Waals surface area (Å²) in [4.78, 5) is 11.4. The van der Waals surface area contributed by atoms with E-state index >= 15 is 0 Å². The highest BCUT2D eigenvalue weighted by Crippen LogP contribution is 2.18. The SMILES string of the molecule is COCCCNC(=O)CNc1ccc(Br)c(F)c1. The van der Waals surface area contributed by atoms with Crippen LogP contribution >= 0.6 is 15.9 Å². The van der Waals surface area contributed by atoms with Gasteiger partial charge in [-0.1, -0.05) is 0 Å². The molecule has 100 valence electrons. The van der Waals surface area contributed by atoms with Gasteiger partial charge in [0.05, 0.1) is 11.0 Å². The molecule has 0 heterocycles. The van der Waals surface area contributed by atoms with Crippen molar-refractivity contribution in [2.45, 2.75) is 6.42 Å². The van der Waals surface area contributed by atoms with Gasteiger partial charge >= 0.3 is 0 Å². The van der Waals surface area contributed by atoms with E-state index in [1.165, 1.54) is 6.07 Å². The van der Waals surface area contributed by atoms with Crippen molar-refractivity contribution in [2.24, 2.45) is 0 Å². The van der Waals surface area contributed by atoms with Gasteiger partial charge in [-0.05, 0) is 40.5 Å². The maximum atomic E-state index is 13.2. The average molecular weight is 319 g/mol. The highest BCUT2D eigenvalue weighted by Gasteiger charge is 2.03. The van der Waals surface area contributed by atoms with Crippen molar-refractivity contribution >= 4 is 27.5 Å². The van der Waals surface area contributed by atoms with Gasteiger partial charge in [-0.15, -0.1) is 0 Å². The van der Waals surface area contributed by atoms with Crippen LogP contribution < -0.4 is 10.6 Å². The fraction of sp³-hybridized carbons (Fsp3) is 0.417. The molecule has 0 fully saturated rings. The Labute approximate surface area is 114 Å². The second-order valence-corrected chi connectivity index (χ2v) is 4.53. The second kappa shape index (κ2) is 8.05. The Morgan fingerprint density at radius 2 is 2.28 bits per heavy atom. The lowest BCUT2D eigenvalue weighted by Crippen LogP contribution is -2.31. The lowest BCUT2D eigenvalue weighted by Gasteiger charge is -2.08. The van der Waals surface area contributed by atoms with E-state index in [0.717, 1.165) is 6.42 Å². The lowest BCUT2D eigenvalue weighted by atomic mass is 10.3.